The second kappa shape index (κ2) is 7.18. The molecule has 0 aliphatic carbocycles. The summed E-state index contributed by atoms with van der Waals surface area (Å²) in [7, 11) is 0. The maximum absolute atomic E-state index is 13.6. The normalized spacial score (nSPS) is 10.4. The molecule has 1 heterocycles. The van der Waals surface area contributed by atoms with Gasteiger partial charge in [-0.05, 0) is 30.4 Å². The molecular weight excluding hydrogens is 330 g/mol. The van der Waals surface area contributed by atoms with Crippen LogP contribution in [0.4, 0.5) is 20.2 Å². The van der Waals surface area contributed by atoms with E-state index in [4.69, 9.17) is 12.2 Å². The summed E-state index contributed by atoms with van der Waals surface area (Å²) in [6.07, 6.45) is 3.26. The molecule has 3 aromatic rings. The monoisotopic (exact) mass is 344 g/mol. The van der Waals surface area contributed by atoms with E-state index >= 15 is 0 Å². The van der Waals surface area contributed by atoms with E-state index in [-0.39, 0.29) is 16.6 Å². The highest BCUT2D eigenvalue weighted by Crippen LogP contribution is 2.14. The number of thiocarbonyl (C=S) groups is 1. The first-order chi connectivity index (χ1) is 11.6. The summed E-state index contributed by atoms with van der Waals surface area (Å²) < 4.78 is 28.8. The average molecular weight is 344 g/mol. The minimum atomic E-state index is -0.392. The first kappa shape index (κ1) is 16.1. The SMILES string of the molecule is Fc1ccccc1Cn1cc(NC(=S)Nc2ccccc2F)cn1. The number of para-hydroxylation sites is 1. The number of anilines is 2. The van der Waals surface area contributed by atoms with Gasteiger partial charge in [0.2, 0.25) is 0 Å². The first-order valence-corrected chi connectivity index (χ1v) is 7.61. The van der Waals surface area contributed by atoms with Crippen molar-refractivity contribution in [1.29, 1.82) is 0 Å². The van der Waals surface area contributed by atoms with Gasteiger partial charge in [0.15, 0.2) is 5.11 Å². The van der Waals surface area contributed by atoms with Crippen molar-refractivity contribution in [2.24, 2.45) is 0 Å². The van der Waals surface area contributed by atoms with Crippen LogP contribution in [0.2, 0.25) is 0 Å². The molecule has 0 unspecified atom stereocenters. The summed E-state index contributed by atoms with van der Waals surface area (Å²) in [6, 6.07) is 12.8. The quantitative estimate of drug-likeness (QED) is 0.702. The number of aromatic nitrogens is 2. The van der Waals surface area contributed by atoms with Gasteiger partial charge in [-0.3, -0.25) is 4.68 Å². The van der Waals surface area contributed by atoms with Crippen molar-refractivity contribution in [2.45, 2.75) is 6.54 Å². The standard InChI is InChI=1S/C17H14F2N4S/c18-14-6-2-1-5-12(14)10-23-11-13(9-20-23)21-17(24)22-16-8-4-3-7-15(16)19/h1-9,11H,10H2,(H2,21,22,24). The van der Waals surface area contributed by atoms with Crippen molar-refractivity contribution in [3.8, 4) is 0 Å². The third kappa shape index (κ3) is 3.94. The Morgan fingerprint density at radius 3 is 2.46 bits per heavy atom. The molecule has 2 aromatic carbocycles. The average Bonchev–Trinajstić information content (AvgIpc) is 2.99. The van der Waals surface area contributed by atoms with Gasteiger partial charge in [-0.15, -0.1) is 0 Å². The summed E-state index contributed by atoms with van der Waals surface area (Å²) >= 11 is 5.15. The van der Waals surface area contributed by atoms with Crippen molar-refractivity contribution >= 4 is 28.7 Å². The van der Waals surface area contributed by atoms with E-state index in [1.165, 1.54) is 12.1 Å². The van der Waals surface area contributed by atoms with Crippen molar-refractivity contribution in [2.75, 3.05) is 10.6 Å². The molecule has 0 saturated carbocycles. The van der Waals surface area contributed by atoms with Crippen LogP contribution in [0.5, 0.6) is 0 Å². The lowest BCUT2D eigenvalue weighted by Crippen LogP contribution is -2.19. The summed E-state index contributed by atoms with van der Waals surface area (Å²) in [4.78, 5) is 0. The van der Waals surface area contributed by atoms with Gasteiger partial charge < -0.3 is 10.6 Å². The van der Waals surface area contributed by atoms with Crippen LogP contribution in [0, 0.1) is 11.6 Å². The fourth-order valence-electron chi connectivity index (χ4n) is 2.16. The van der Waals surface area contributed by atoms with E-state index in [1.807, 2.05) is 0 Å². The largest absolute Gasteiger partial charge is 0.330 e. The minimum absolute atomic E-state index is 0.241. The molecule has 122 valence electrons. The van der Waals surface area contributed by atoms with E-state index < -0.39 is 5.82 Å². The van der Waals surface area contributed by atoms with Gasteiger partial charge in [-0.25, -0.2) is 8.78 Å². The zero-order valence-electron chi connectivity index (χ0n) is 12.5. The molecule has 1 aromatic heterocycles. The fourth-order valence-corrected chi connectivity index (χ4v) is 2.39. The molecule has 0 fully saturated rings. The lowest BCUT2D eigenvalue weighted by molar-refractivity contribution is 0.585. The molecule has 0 spiro atoms. The maximum Gasteiger partial charge on any atom is 0.175 e. The first-order valence-electron chi connectivity index (χ1n) is 7.20. The van der Waals surface area contributed by atoms with E-state index in [0.717, 1.165) is 0 Å². The van der Waals surface area contributed by atoms with E-state index in [2.05, 4.69) is 15.7 Å². The van der Waals surface area contributed by atoms with Gasteiger partial charge in [0.05, 0.1) is 24.1 Å². The van der Waals surface area contributed by atoms with Crippen LogP contribution in [0.3, 0.4) is 0 Å². The molecule has 0 bridgehead atoms. The van der Waals surface area contributed by atoms with Crippen molar-refractivity contribution < 1.29 is 8.78 Å². The molecule has 4 nitrogen and oxygen atoms in total. The summed E-state index contributed by atoms with van der Waals surface area (Å²) in [6.45, 7) is 0.307. The van der Waals surface area contributed by atoms with Crippen LogP contribution in [-0.4, -0.2) is 14.9 Å². The highest BCUT2D eigenvalue weighted by molar-refractivity contribution is 7.80. The zero-order valence-corrected chi connectivity index (χ0v) is 13.4. The van der Waals surface area contributed by atoms with Gasteiger partial charge in [0.25, 0.3) is 0 Å². The van der Waals surface area contributed by atoms with Crippen molar-refractivity contribution in [1.82, 2.24) is 9.78 Å². The van der Waals surface area contributed by atoms with E-state index in [9.17, 15) is 8.78 Å². The van der Waals surface area contributed by atoms with Crippen LogP contribution in [-0.2, 0) is 6.54 Å². The van der Waals surface area contributed by atoms with Gasteiger partial charge in [-0.2, -0.15) is 5.10 Å². The molecule has 7 heteroatoms. The molecule has 0 radical (unpaired) electrons. The Hall–Kier alpha value is -2.80. The lowest BCUT2D eigenvalue weighted by atomic mass is 10.2. The lowest BCUT2D eigenvalue weighted by Gasteiger charge is -2.09. The van der Waals surface area contributed by atoms with Gasteiger partial charge >= 0.3 is 0 Å². The second-order valence-electron chi connectivity index (χ2n) is 5.08. The Kier molecular flexibility index (Phi) is 4.81. The highest BCUT2D eigenvalue weighted by Gasteiger charge is 2.06. The Balaban J connectivity index is 1.63. The topological polar surface area (TPSA) is 41.9 Å². The number of hydrogen-bond acceptors (Lipinski definition) is 2. The predicted molar refractivity (Wildman–Crippen MR) is 94.0 cm³/mol. The summed E-state index contributed by atoms with van der Waals surface area (Å²) in [5.41, 5.74) is 1.45. The fraction of sp³-hybridized carbons (Fsp3) is 0.0588. The van der Waals surface area contributed by atoms with Crippen molar-refractivity contribution in [3.05, 3.63) is 78.1 Å². The van der Waals surface area contributed by atoms with E-state index in [0.29, 0.717) is 17.8 Å². The highest BCUT2D eigenvalue weighted by atomic mass is 32.1. The van der Waals surface area contributed by atoms with Gasteiger partial charge in [0.1, 0.15) is 11.6 Å². The molecule has 0 atom stereocenters. The second-order valence-corrected chi connectivity index (χ2v) is 5.49. The number of benzene rings is 2. The Bertz CT molecular complexity index is 863. The molecule has 0 aliphatic rings. The van der Waals surface area contributed by atoms with Crippen LogP contribution in [0.1, 0.15) is 5.56 Å². The molecule has 0 aliphatic heterocycles. The van der Waals surface area contributed by atoms with Crippen LogP contribution >= 0.6 is 12.2 Å². The number of halogens is 2. The Labute approximate surface area is 143 Å². The number of hydrogen-bond donors (Lipinski definition) is 2. The predicted octanol–water partition coefficient (Wildman–Crippen LogP) is 4.02. The smallest absolute Gasteiger partial charge is 0.175 e. The van der Waals surface area contributed by atoms with Gasteiger partial charge in [-0.1, -0.05) is 30.3 Å². The zero-order chi connectivity index (χ0) is 16.9. The van der Waals surface area contributed by atoms with Crippen LogP contribution in [0.15, 0.2) is 60.9 Å². The Morgan fingerprint density at radius 1 is 1.00 bits per heavy atom. The third-order valence-electron chi connectivity index (χ3n) is 3.30. The van der Waals surface area contributed by atoms with Gasteiger partial charge in [0, 0.05) is 11.8 Å². The minimum Gasteiger partial charge on any atom is -0.330 e. The van der Waals surface area contributed by atoms with E-state index in [1.54, 1.807) is 53.5 Å². The third-order valence-corrected chi connectivity index (χ3v) is 3.51. The number of rotatable bonds is 4. The number of nitrogens with zero attached hydrogens (tertiary/aromatic N) is 2. The van der Waals surface area contributed by atoms with Crippen molar-refractivity contribution in [3.63, 3.8) is 0 Å². The summed E-state index contributed by atoms with van der Waals surface area (Å²) in [5, 5.41) is 10.1. The molecule has 3 rings (SSSR count). The molecular formula is C17H14F2N4S. The molecule has 0 saturated heterocycles. The number of nitrogens with one attached hydrogen (secondary N) is 2. The van der Waals surface area contributed by atoms with Crippen LogP contribution in [0.25, 0.3) is 0 Å². The molecule has 2 N–H and O–H groups in total. The van der Waals surface area contributed by atoms with Crippen LogP contribution < -0.4 is 10.6 Å². The molecule has 24 heavy (non-hydrogen) atoms. The summed E-state index contributed by atoms with van der Waals surface area (Å²) in [5.74, 6) is -0.670. The Morgan fingerprint density at radius 2 is 1.71 bits per heavy atom. The maximum atomic E-state index is 13.6. The molecule has 0 amide bonds.